The molecule has 0 spiro atoms. The van der Waals surface area contributed by atoms with Crippen LogP contribution in [-0.2, 0) is 13.1 Å². The molecule has 0 saturated carbocycles. The van der Waals surface area contributed by atoms with E-state index in [0.29, 0.717) is 6.79 Å². The third-order valence-corrected chi connectivity index (χ3v) is 5.92. The Balaban J connectivity index is 1.17. The molecule has 3 aromatic rings. The zero-order chi connectivity index (χ0) is 18.1. The first-order valence-electron chi connectivity index (χ1n) is 9.24. The summed E-state index contributed by atoms with van der Waals surface area (Å²) in [5.74, 6) is 1.72. The number of nitrogens with zero attached hydrogens (tertiary/aromatic N) is 4. The van der Waals surface area contributed by atoms with Crippen LogP contribution in [0.3, 0.4) is 0 Å². The summed E-state index contributed by atoms with van der Waals surface area (Å²) >= 11 is 1.67. The van der Waals surface area contributed by atoms with Crippen LogP contribution >= 0.6 is 11.3 Å². The van der Waals surface area contributed by atoms with Crippen molar-refractivity contribution in [3.8, 4) is 16.6 Å². The highest BCUT2D eigenvalue weighted by Crippen LogP contribution is 2.32. The van der Waals surface area contributed by atoms with E-state index < -0.39 is 0 Å². The molecule has 0 bridgehead atoms. The van der Waals surface area contributed by atoms with Crippen molar-refractivity contribution in [3.63, 3.8) is 0 Å². The Bertz CT molecular complexity index is 901. The van der Waals surface area contributed by atoms with Crippen molar-refractivity contribution in [2.24, 2.45) is 0 Å². The Kier molecular flexibility index (Phi) is 4.57. The first-order chi connectivity index (χ1) is 13.3. The van der Waals surface area contributed by atoms with Crippen molar-refractivity contribution in [2.75, 3.05) is 33.0 Å². The highest BCUT2D eigenvalue weighted by molar-refractivity contribution is 7.12. The van der Waals surface area contributed by atoms with Crippen LogP contribution in [-0.4, -0.2) is 52.3 Å². The molecular weight excluding hydrogens is 360 g/mol. The number of benzene rings is 1. The summed E-state index contributed by atoms with van der Waals surface area (Å²) in [5.41, 5.74) is 2.58. The van der Waals surface area contributed by atoms with E-state index in [4.69, 9.17) is 9.47 Å². The van der Waals surface area contributed by atoms with Gasteiger partial charge in [0.05, 0.1) is 0 Å². The molecule has 4 heterocycles. The molecule has 0 atom stereocenters. The lowest BCUT2D eigenvalue weighted by atomic mass is 10.1. The van der Waals surface area contributed by atoms with Gasteiger partial charge in [0, 0.05) is 62.7 Å². The summed E-state index contributed by atoms with van der Waals surface area (Å²) in [6, 6.07) is 10.6. The Morgan fingerprint density at radius 1 is 0.963 bits per heavy atom. The quantitative estimate of drug-likeness (QED) is 0.679. The maximum Gasteiger partial charge on any atom is 0.231 e. The number of ether oxygens (including phenoxy) is 2. The lowest BCUT2D eigenvalue weighted by Gasteiger charge is -2.34. The monoisotopic (exact) mass is 382 g/mol. The molecular formula is C20H22N4O2S. The van der Waals surface area contributed by atoms with Crippen molar-refractivity contribution >= 4 is 11.3 Å². The molecule has 1 fully saturated rings. The molecule has 2 aliphatic heterocycles. The zero-order valence-electron chi connectivity index (χ0n) is 15.1. The molecule has 27 heavy (non-hydrogen) atoms. The van der Waals surface area contributed by atoms with E-state index in [2.05, 4.69) is 49.8 Å². The van der Waals surface area contributed by atoms with Crippen LogP contribution in [0.4, 0.5) is 0 Å². The van der Waals surface area contributed by atoms with E-state index in [1.54, 1.807) is 11.3 Å². The third-order valence-electron chi connectivity index (χ3n) is 5.15. The van der Waals surface area contributed by atoms with E-state index in [-0.39, 0.29) is 0 Å². The van der Waals surface area contributed by atoms with Crippen LogP contribution < -0.4 is 9.47 Å². The molecule has 1 saturated heterocycles. The molecule has 2 aliphatic rings. The first-order valence-corrected chi connectivity index (χ1v) is 10.1. The molecule has 6 nitrogen and oxygen atoms in total. The minimum atomic E-state index is 0.334. The van der Waals surface area contributed by atoms with Gasteiger partial charge in [-0.15, -0.1) is 11.3 Å². The van der Waals surface area contributed by atoms with Gasteiger partial charge in [0.2, 0.25) is 6.79 Å². The number of hydrogen-bond acceptors (Lipinski definition) is 6. The number of rotatable bonds is 5. The van der Waals surface area contributed by atoms with Crippen molar-refractivity contribution in [2.45, 2.75) is 13.1 Å². The van der Waals surface area contributed by atoms with E-state index in [1.165, 1.54) is 11.3 Å². The predicted octanol–water partition coefficient (Wildman–Crippen LogP) is 2.98. The van der Waals surface area contributed by atoms with Gasteiger partial charge in [-0.2, -0.15) is 0 Å². The van der Waals surface area contributed by atoms with E-state index in [1.807, 2.05) is 17.6 Å². The molecule has 7 heteroatoms. The van der Waals surface area contributed by atoms with Gasteiger partial charge in [-0.1, -0.05) is 6.07 Å². The lowest BCUT2D eigenvalue weighted by Crippen LogP contribution is -2.45. The van der Waals surface area contributed by atoms with Gasteiger partial charge in [-0.25, -0.2) is 4.98 Å². The molecule has 2 aromatic heterocycles. The Hall–Kier alpha value is -2.35. The molecule has 0 unspecified atom stereocenters. The smallest absolute Gasteiger partial charge is 0.231 e. The number of hydrogen-bond donors (Lipinski definition) is 0. The van der Waals surface area contributed by atoms with Crippen LogP contribution in [0, 0.1) is 0 Å². The fraction of sp³-hybridized carbons (Fsp3) is 0.350. The van der Waals surface area contributed by atoms with Crippen molar-refractivity contribution < 1.29 is 9.47 Å². The Morgan fingerprint density at radius 3 is 2.59 bits per heavy atom. The van der Waals surface area contributed by atoms with Gasteiger partial charge >= 0.3 is 0 Å². The van der Waals surface area contributed by atoms with Crippen LogP contribution in [0.5, 0.6) is 11.5 Å². The van der Waals surface area contributed by atoms with Crippen LogP contribution in [0.15, 0.2) is 48.1 Å². The predicted molar refractivity (Wildman–Crippen MR) is 105 cm³/mol. The van der Waals surface area contributed by atoms with Crippen LogP contribution in [0.25, 0.3) is 5.13 Å². The van der Waals surface area contributed by atoms with Gasteiger partial charge < -0.3 is 9.47 Å². The van der Waals surface area contributed by atoms with Crippen molar-refractivity contribution in [1.82, 2.24) is 19.4 Å². The topological polar surface area (TPSA) is 42.8 Å². The summed E-state index contributed by atoms with van der Waals surface area (Å²) in [7, 11) is 0. The third kappa shape index (κ3) is 3.58. The summed E-state index contributed by atoms with van der Waals surface area (Å²) in [4.78, 5) is 9.46. The SMILES string of the molecule is c1cc(CN2CCN(Cc3ccc4c(c3)OCO4)CC2)n(-c2nccs2)c1. The molecule has 5 rings (SSSR count). The summed E-state index contributed by atoms with van der Waals surface area (Å²) in [6.45, 7) is 6.56. The Labute approximate surface area is 162 Å². The second kappa shape index (κ2) is 7.34. The second-order valence-electron chi connectivity index (χ2n) is 6.92. The normalized spacial score (nSPS) is 17.5. The van der Waals surface area contributed by atoms with Crippen molar-refractivity contribution in [1.29, 1.82) is 0 Å². The van der Waals surface area contributed by atoms with Gasteiger partial charge in [-0.3, -0.25) is 14.4 Å². The number of piperazine rings is 1. The number of fused-ring (bicyclic) bond motifs is 1. The highest BCUT2D eigenvalue weighted by Gasteiger charge is 2.20. The van der Waals surface area contributed by atoms with Crippen LogP contribution in [0.2, 0.25) is 0 Å². The van der Waals surface area contributed by atoms with E-state index in [9.17, 15) is 0 Å². The fourth-order valence-electron chi connectivity index (χ4n) is 3.70. The minimum Gasteiger partial charge on any atom is -0.454 e. The van der Waals surface area contributed by atoms with Crippen LogP contribution in [0.1, 0.15) is 11.3 Å². The Morgan fingerprint density at radius 2 is 1.78 bits per heavy atom. The molecule has 0 radical (unpaired) electrons. The van der Waals surface area contributed by atoms with E-state index in [0.717, 1.165) is 55.9 Å². The molecule has 0 N–H and O–H groups in total. The highest BCUT2D eigenvalue weighted by atomic mass is 32.1. The van der Waals surface area contributed by atoms with E-state index >= 15 is 0 Å². The summed E-state index contributed by atoms with van der Waals surface area (Å²) in [6.07, 6.45) is 3.96. The maximum absolute atomic E-state index is 5.49. The zero-order valence-corrected chi connectivity index (χ0v) is 15.9. The van der Waals surface area contributed by atoms with Gasteiger partial charge in [0.1, 0.15) is 0 Å². The van der Waals surface area contributed by atoms with Gasteiger partial charge in [0.25, 0.3) is 0 Å². The molecule has 0 amide bonds. The summed E-state index contributed by atoms with van der Waals surface area (Å²) < 4.78 is 13.1. The average molecular weight is 382 g/mol. The van der Waals surface area contributed by atoms with Gasteiger partial charge in [0.15, 0.2) is 16.6 Å². The summed E-state index contributed by atoms with van der Waals surface area (Å²) in [5, 5.41) is 3.06. The maximum atomic E-state index is 5.49. The molecule has 1 aromatic carbocycles. The molecule has 0 aliphatic carbocycles. The fourth-order valence-corrected chi connectivity index (χ4v) is 4.36. The van der Waals surface area contributed by atoms with Crippen molar-refractivity contribution in [3.05, 3.63) is 59.4 Å². The average Bonchev–Trinajstić information content (AvgIpc) is 3.44. The lowest BCUT2D eigenvalue weighted by molar-refractivity contribution is 0.120. The second-order valence-corrected chi connectivity index (χ2v) is 7.80. The standard InChI is InChI=1S/C20H22N4O2S/c1-2-17(24(6-1)20-21-5-11-27-20)14-23-9-7-22(8-10-23)13-16-3-4-18-19(12-16)26-15-25-18/h1-6,11-12H,7-10,13-15H2. The largest absolute Gasteiger partial charge is 0.454 e. The number of aromatic nitrogens is 2. The minimum absolute atomic E-state index is 0.334. The molecule has 140 valence electrons. The van der Waals surface area contributed by atoms with Gasteiger partial charge in [-0.05, 0) is 29.8 Å². The first kappa shape index (κ1) is 16.8. The number of thiazole rings is 1.